The average Bonchev–Trinajstić information content (AvgIpc) is 2.74. The third-order valence-corrected chi connectivity index (χ3v) is 3.38. The lowest BCUT2D eigenvalue weighted by Crippen LogP contribution is -1.89. The summed E-state index contributed by atoms with van der Waals surface area (Å²) in [5, 5.41) is 0. The molecule has 0 aliphatic rings. The smallest absolute Gasteiger partial charge is 0.199 e. The maximum absolute atomic E-state index is 5.80. The molecule has 0 saturated carbocycles. The fourth-order valence-corrected chi connectivity index (χ4v) is 2.11. The van der Waals surface area contributed by atoms with Crippen molar-refractivity contribution in [2.45, 2.75) is 20.3 Å². The van der Waals surface area contributed by atoms with Gasteiger partial charge in [-0.2, -0.15) is 0 Å². The Morgan fingerprint density at radius 2 is 1.74 bits per heavy atom. The van der Waals surface area contributed by atoms with E-state index >= 15 is 0 Å². The largest absolute Gasteiger partial charge is 0.440 e. The summed E-state index contributed by atoms with van der Waals surface area (Å²) in [6.45, 7) is 4.17. The van der Waals surface area contributed by atoms with Crippen LogP contribution in [0.15, 0.2) is 40.8 Å². The molecule has 2 N–H and O–H groups in total. The second kappa shape index (κ2) is 4.43. The number of anilines is 1. The summed E-state index contributed by atoms with van der Waals surface area (Å²) in [6, 6.07) is 11.9. The molecule has 0 amide bonds. The minimum absolute atomic E-state index is 0.688. The summed E-state index contributed by atoms with van der Waals surface area (Å²) in [6.07, 6.45) is 0.688. The van der Waals surface area contributed by atoms with Gasteiger partial charge in [-0.1, -0.05) is 12.1 Å². The van der Waals surface area contributed by atoms with Crippen molar-refractivity contribution in [3.8, 4) is 0 Å². The molecule has 19 heavy (non-hydrogen) atoms. The van der Waals surface area contributed by atoms with Crippen molar-refractivity contribution in [3.05, 3.63) is 59.0 Å². The Kier molecular flexibility index (Phi) is 2.75. The van der Waals surface area contributed by atoms with Crippen molar-refractivity contribution in [1.29, 1.82) is 0 Å². The Morgan fingerprint density at radius 1 is 1.05 bits per heavy atom. The number of nitrogen functional groups attached to an aromatic ring is 1. The Balaban J connectivity index is 1.95. The van der Waals surface area contributed by atoms with Crippen LogP contribution < -0.4 is 5.73 Å². The van der Waals surface area contributed by atoms with Gasteiger partial charge in [-0.05, 0) is 54.8 Å². The molecular formula is C16H16N2O. The number of hydrogen-bond donors (Lipinski definition) is 1. The SMILES string of the molecule is Cc1cc2nc(Cc3ccc(N)cc3)oc2cc1C. The van der Waals surface area contributed by atoms with E-state index in [4.69, 9.17) is 10.2 Å². The summed E-state index contributed by atoms with van der Waals surface area (Å²) in [5.74, 6) is 0.741. The molecular weight excluding hydrogens is 236 g/mol. The van der Waals surface area contributed by atoms with E-state index in [2.05, 4.69) is 24.9 Å². The summed E-state index contributed by atoms with van der Waals surface area (Å²) >= 11 is 0. The topological polar surface area (TPSA) is 52.0 Å². The van der Waals surface area contributed by atoms with E-state index in [1.165, 1.54) is 11.1 Å². The van der Waals surface area contributed by atoms with E-state index in [0.29, 0.717) is 6.42 Å². The van der Waals surface area contributed by atoms with Crippen LogP contribution in [0.25, 0.3) is 11.1 Å². The maximum Gasteiger partial charge on any atom is 0.199 e. The van der Waals surface area contributed by atoms with Gasteiger partial charge in [0.2, 0.25) is 0 Å². The first-order valence-electron chi connectivity index (χ1n) is 6.33. The number of fused-ring (bicyclic) bond motifs is 1. The molecule has 0 aliphatic heterocycles. The van der Waals surface area contributed by atoms with E-state index in [1.54, 1.807) is 0 Å². The van der Waals surface area contributed by atoms with Gasteiger partial charge in [-0.15, -0.1) is 0 Å². The highest BCUT2D eigenvalue weighted by atomic mass is 16.3. The minimum Gasteiger partial charge on any atom is -0.440 e. The molecule has 2 aromatic carbocycles. The molecule has 3 nitrogen and oxygen atoms in total. The highest BCUT2D eigenvalue weighted by Gasteiger charge is 2.08. The van der Waals surface area contributed by atoms with Crippen LogP contribution in [0.1, 0.15) is 22.6 Å². The maximum atomic E-state index is 5.80. The van der Waals surface area contributed by atoms with Crippen molar-refractivity contribution < 1.29 is 4.42 Å². The zero-order chi connectivity index (χ0) is 13.4. The number of benzene rings is 2. The van der Waals surface area contributed by atoms with Crippen LogP contribution in [-0.2, 0) is 6.42 Å². The molecule has 0 aliphatic carbocycles. The Morgan fingerprint density at radius 3 is 2.47 bits per heavy atom. The van der Waals surface area contributed by atoms with Crippen molar-refractivity contribution in [2.24, 2.45) is 0 Å². The first-order valence-corrected chi connectivity index (χ1v) is 6.33. The molecule has 3 heteroatoms. The molecule has 0 saturated heterocycles. The van der Waals surface area contributed by atoms with Crippen LogP contribution in [0, 0.1) is 13.8 Å². The lowest BCUT2D eigenvalue weighted by molar-refractivity contribution is 0.544. The van der Waals surface area contributed by atoms with Gasteiger partial charge in [-0.25, -0.2) is 4.98 Å². The van der Waals surface area contributed by atoms with Gasteiger partial charge in [0.25, 0.3) is 0 Å². The molecule has 0 spiro atoms. The highest BCUT2D eigenvalue weighted by molar-refractivity contribution is 5.74. The lowest BCUT2D eigenvalue weighted by atomic mass is 10.1. The van der Waals surface area contributed by atoms with Crippen LogP contribution >= 0.6 is 0 Å². The number of nitrogens with two attached hydrogens (primary N) is 1. The molecule has 0 radical (unpaired) electrons. The molecule has 1 heterocycles. The monoisotopic (exact) mass is 252 g/mol. The zero-order valence-electron chi connectivity index (χ0n) is 11.1. The second-order valence-corrected chi connectivity index (χ2v) is 4.93. The number of aryl methyl sites for hydroxylation is 2. The Bertz CT molecular complexity index is 687. The van der Waals surface area contributed by atoms with Gasteiger partial charge < -0.3 is 10.2 Å². The van der Waals surface area contributed by atoms with Gasteiger partial charge >= 0.3 is 0 Å². The van der Waals surface area contributed by atoms with Gasteiger partial charge in [0, 0.05) is 12.1 Å². The standard InChI is InChI=1S/C16H16N2O/c1-10-7-14-15(8-11(10)2)19-16(18-14)9-12-3-5-13(17)6-4-12/h3-8H,9,17H2,1-2H3. The first-order chi connectivity index (χ1) is 9.11. The van der Waals surface area contributed by atoms with Crippen LogP contribution in [-0.4, -0.2) is 4.98 Å². The lowest BCUT2D eigenvalue weighted by Gasteiger charge is -1.97. The van der Waals surface area contributed by atoms with Crippen LogP contribution in [0.3, 0.4) is 0 Å². The zero-order valence-corrected chi connectivity index (χ0v) is 11.1. The third kappa shape index (κ3) is 2.32. The fraction of sp³-hybridized carbons (Fsp3) is 0.188. The summed E-state index contributed by atoms with van der Waals surface area (Å²) in [5.41, 5.74) is 11.8. The van der Waals surface area contributed by atoms with Gasteiger partial charge in [-0.3, -0.25) is 0 Å². The van der Waals surface area contributed by atoms with Crippen molar-refractivity contribution >= 4 is 16.8 Å². The third-order valence-electron chi connectivity index (χ3n) is 3.38. The quantitative estimate of drug-likeness (QED) is 0.709. The van der Waals surface area contributed by atoms with E-state index < -0.39 is 0 Å². The molecule has 0 unspecified atom stereocenters. The van der Waals surface area contributed by atoms with Crippen molar-refractivity contribution in [3.63, 3.8) is 0 Å². The molecule has 0 bridgehead atoms. The van der Waals surface area contributed by atoms with E-state index in [0.717, 1.165) is 28.2 Å². The molecule has 3 rings (SSSR count). The molecule has 96 valence electrons. The van der Waals surface area contributed by atoms with E-state index in [-0.39, 0.29) is 0 Å². The number of oxazole rings is 1. The van der Waals surface area contributed by atoms with Crippen LogP contribution in [0.5, 0.6) is 0 Å². The molecule has 0 fully saturated rings. The normalized spacial score (nSPS) is 11.1. The predicted molar refractivity (Wildman–Crippen MR) is 77.1 cm³/mol. The Hall–Kier alpha value is -2.29. The van der Waals surface area contributed by atoms with Crippen molar-refractivity contribution in [2.75, 3.05) is 5.73 Å². The fourth-order valence-electron chi connectivity index (χ4n) is 2.11. The molecule has 3 aromatic rings. The number of hydrogen-bond acceptors (Lipinski definition) is 3. The van der Waals surface area contributed by atoms with Gasteiger partial charge in [0.15, 0.2) is 11.5 Å². The average molecular weight is 252 g/mol. The van der Waals surface area contributed by atoms with Gasteiger partial charge in [0.1, 0.15) is 5.52 Å². The minimum atomic E-state index is 0.688. The van der Waals surface area contributed by atoms with Crippen LogP contribution in [0.4, 0.5) is 5.69 Å². The van der Waals surface area contributed by atoms with Crippen molar-refractivity contribution in [1.82, 2.24) is 4.98 Å². The summed E-state index contributed by atoms with van der Waals surface area (Å²) in [4.78, 5) is 4.53. The van der Waals surface area contributed by atoms with Gasteiger partial charge in [0.05, 0.1) is 0 Å². The highest BCUT2D eigenvalue weighted by Crippen LogP contribution is 2.21. The predicted octanol–water partition coefficient (Wildman–Crippen LogP) is 3.62. The second-order valence-electron chi connectivity index (χ2n) is 4.93. The number of rotatable bonds is 2. The summed E-state index contributed by atoms with van der Waals surface area (Å²) in [7, 11) is 0. The number of aromatic nitrogens is 1. The van der Waals surface area contributed by atoms with E-state index in [1.807, 2.05) is 30.3 Å². The Labute approximate surface area is 112 Å². The number of nitrogens with zero attached hydrogens (tertiary/aromatic N) is 1. The molecule has 1 aromatic heterocycles. The first kappa shape index (κ1) is 11.8. The summed E-state index contributed by atoms with van der Waals surface area (Å²) < 4.78 is 5.80. The van der Waals surface area contributed by atoms with E-state index in [9.17, 15) is 0 Å². The molecule has 0 atom stereocenters. The van der Waals surface area contributed by atoms with Crippen LogP contribution in [0.2, 0.25) is 0 Å².